The maximum atomic E-state index is 12.6. The normalized spacial score (nSPS) is 12.4. The van der Waals surface area contributed by atoms with Gasteiger partial charge in [0.1, 0.15) is 0 Å². The SMILES string of the molecule is CSCCC(NC(=O)CCc1c(C)nn(C)c1C)c1nnc2ccccn12. The zero-order chi connectivity index (χ0) is 19.4. The summed E-state index contributed by atoms with van der Waals surface area (Å²) in [5, 5.41) is 16.1. The molecule has 3 aromatic heterocycles. The second-order valence-corrected chi connectivity index (χ2v) is 7.65. The van der Waals surface area contributed by atoms with Crippen molar-refractivity contribution < 1.29 is 4.79 Å². The molecule has 0 radical (unpaired) electrons. The van der Waals surface area contributed by atoms with Crippen LogP contribution >= 0.6 is 11.8 Å². The van der Waals surface area contributed by atoms with E-state index in [1.807, 2.05) is 54.4 Å². The number of nitrogens with zero attached hydrogens (tertiary/aromatic N) is 5. The molecule has 0 fully saturated rings. The summed E-state index contributed by atoms with van der Waals surface area (Å²) in [5.74, 6) is 1.74. The minimum atomic E-state index is -0.154. The molecule has 1 amide bonds. The smallest absolute Gasteiger partial charge is 0.220 e. The first-order valence-electron chi connectivity index (χ1n) is 9.08. The summed E-state index contributed by atoms with van der Waals surface area (Å²) in [4.78, 5) is 12.6. The van der Waals surface area contributed by atoms with Gasteiger partial charge in [-0.1, -0.05) is 6.07 Å². The second kappa shape index (κ2) is 8.56. The van der Waals surface area contributed by atoms with E-state index in [9.17, 15) is 4.79 Å². The van der Waals surface area contributed by atoms with E-state index in [1.165, 1.54) is 0 Å². The molecule has 27 heavy (non-hydrogen) atoms. The predicted octanol–water partition coefficient (Wildman–Crippen LogP) is 2.62. The molecule has 8 heteroatoms. The largest absolute Gasteiger partial charge is 0.346 e. The van der Waals surface area contributed by atoms with Gasteiger partial charge in [-0.15, -0.1) is 10.2 Å². The molecule has 3 aromatic rings. The Labute approximate surface area is 163 Å². The van der Waals surface area contributed by atoms with E-state index >= 15 is 0 Å². The molecule has 3 heterocycles. The molecular formula is C19H26N6OS. The van der Waals surface area contributed by atoms with E-state index in [-0.39, 0.29) is 11.9 Å². The Hall–Kier alpha value is -2.35. The van der Waals surface area contributed by atoms with Gasteiger partial charge in [-0.05, 0) is 56.4 Å². The minimum Gasteiger partial charge on any atom is -0.346 e. The topological polar surface area (TPSA) is 77.1 Å². The highest BCUT2D eigenvalue weighted by atomic mass is 32.2. The molecule has 0 aliphatic carbocycles. The summed E-state index contributed by atoms with van der Waals surface area (Å²) in [6.07, 6.45) is 5.93. The van der Waals surface area contributed by atoms with E-state index < -0.39 is 0 Å². The van der Waals surface area contributed by atoms with Crippen molar-refractivity contribution in [2.45, 2.75) is 39.2 Å². The number of rotatable bonds is 8. The fourth-order valence-corrected chi connectivity index (χ4v) is 3.75. The van der Waals surface area contributed by atoms with Gasteiger partial charge in [-0.25, -0.2) is 0 Å². The zero-order valence-electron chi connectivity index (χ0n) is 16.3. The highest BCUT2D eigenvalue weighted by Crippen LogP contribution is 2.19. The van der Waals surface area contributed by atoms with Crippen molar-refractivity contribution in [1.29, 1.82) is 0 Å². The highest BCUT2D eigenvalue weighted by Gasteiger charge is 2.20. The van der Waals surface area contributed by atoms with Gasteiger partial charge in [-0.3, -0.25) is 13.9 Å². The Bertz CT molecular complexity index is 932. The van der Waals surface area contributed by atoms with Crippen LogP contribution in [-0.4, -0.2) is 42.3 Å². The van der Waals surface area contributed by atoms with Gasteiger partial charge < -0.3 is 5.32 Å². The second-order valence-electron chi connectivity index (χ2n) is 6.66. The Morgan fingerprint density at radius 3 is 2.81 bits per heavy atom. The van der Waals surface area contributed by atoms with Gasteiger partial charge in [0, 0.05) is 25.4 Å². The van der Waals surface area contributed by atoms with Crippen molar-refractivity contribution in [2.24, 2.45) is 7.05 Å². The van der Waals surface area contributed by atoms with Crippen LogP contribution in [0.4, 0.5) is 0 Å². The number of nitrogens with one attached hydrogen (secondary N) is 1. The van der Waals surface area contributed by atoms with Crippen molar-refractivity contribution >= 4 is 23.3 Å². The van der Waals surface area contributed by atoms with Crippen LogP contribution in [0, 0.1) is 13.8 Å². The lowest BCUT2D eigenvalue weighted by Crippen LogP contribution is -2.30. The first kappa shape index (κ1) is 19.4. The summed E-state index contributed by atoms with van der Waals surface area (Å²) >= 11 is 1.76. The Morgan fingerprint density at radius 1 is 1.30 bits per heavy atom. The minimum absolute atomic E-state index is 0.0245. The number of aromatic nitrogens is 5. The van der Waals surface area contributed by atoms with Gasteiger partial charge in [-0.2, -0.15) is 16.9 Å². The summed E-state index contributed by atoms with van der Waals surface area (Å²) < 4.78 is 3.81. The van der Waals surface area contributed by atoms with E-state index in [1.54, 1.807) is 11.8 Å². The van der Waals surface area contributed by atoms with Crippen LogP contribution in [0.2, 0.25) is 0 Å². The molecule has 1 N–H and O–H groups in total. The van der Waals surface area contributed by atoms with Crippen LogP contribution in [0.1, 0.15) is 41.7 Å². The lowest BCUT2D eigenvalue weighted by atomic mass is 10.1. The Balaban J connectivity index is 1.71. The first-order chi connectivity index (χ1) is 13.0. The average Bonchev–Trinajstić information content (AvgIpc) is 3.18. The van der Waals surface area contributed by atoms with Crippen molar-refractivity contribution in [3.8, 4) is 0 Å². The Morgan fingerprint density at radius 2 is 2.11 bits per heavy atom. The van der Waals surface area contributed by atoms with Crippen LogP contribution in [0.15, 0.2) is 24.4 Å². The number of hydrogen-bond donors (Lipinski definition) is 1. The number of thioether (sulfide) groups is 1. The quantitative estimate of drug-likeness (QED) is 0.644. The van der Waals surface area contributed by atoms with Gasteiger partial charge in [0.2, 0.25) is 5.91 Å². The monoisotopic (exact) mass is 386 g/mol. The maximum absolute atomic E-state index is 12.6. The van der Waals surface area contributed by atoms with Crippen molar-refractivity contribution in [3.05, 3.63) is 47.2 Å². The third-order valence-electron chi connectivity index (χ3n) is 4.86. The summed E-state index contributed by atoms with van der Waals surface area (Å²) in [7, 11) is 1.93. The first-order valence-corrected chi connectivity index (χ1v) is 10.5. The van der Waals surface area contributed by atoms with Crippen LogP contribution in [0.3, 0.4) is 0 Å². The molecule has 0 aliphatic heterocycles. The molecule has 0 bridgehead atoms. The molecule has 0 spiro atoms. The molecular weight excluding hydrogens is 360 g/mol. The predicted molar refractivity (Wildman–Crippen MR) is 108 cm³/mol. The third kappa shape index (κ3) is 4.32. The van der Waals surface area contributed by atoms with Gasteiger partial charge in [0.25, 0.3) is 0 Å². The average molecular weight is 387 g/mol. The van der Waals surface area contributed by atoms with E-state index in [4.69, 9.17) is 0 Å². The molecule has 3 rings (SSSR count). The van der Waals surface area contributed by atoms with E-state index in [0.29, 0.717) is 12.8 Å². The number of fused-ring (bicyclic) bond motifs is 1. The van der Waals surface area contributed by atoms with Crippen molar-refractivity contribution in [2.75, 3.05) is 12.0 Å². The van der Waals surface area contributed by atoms with Crippen LogP contribution < -0.4 is 5.32 Å². The van der Waals surface area contributed by atoms with Crippen molar-refractivity contribution in [3.63, 3.8) is 0 Å². The summed E-state index contributed by atoms with van der Waals surface area (Å²) in [5.41, 5.74) is 4.05. The van der Waals surface area contributed by atoms with Gasteiger partial charge >= 0.3 is 0 Å². The molecule has 1 unspecified atom stereocenters. The number of pyridine rings is 1. The number of amides is 1. The number of carbonyl (C=O) groups is 1. The van der Waals surface area contributed by atoms with Crippen LogP contribution in [-0.2, 0) is 18.3 Å². The van der Waals surface area contributed by atoms with Crippen LogP contribution in [0.25, 0.3) is 5.65 Å². The molecule has 144 valence electrons. The maximum Gasteiger partial charge on any atom is 0.220 e. The van der Waals surface area contributed by atoms with Crippen molar-refractivity contribution in [1.82, 2.24) is 29.7 Å². The van der Waals surface area contributed by atoms with E-state index in [2.05, 4.69) is 26.9 Å². The lowest BCUT2D eigenvalue weighted by Gasteiger charge is -2.17. The highest BCUT2D eigenvalue weighted by molar-refractivity contribution is 7.98. The standard InChI is InChI=1S/C19H26N6OS/c1-13-15(14(2)24(3)23-13)8-9-18(26)20-16(10-12-27-4)19-22-21-17-7-5-6-11-25(17)19/h5-7,11,16H,8-10,12H2,1-4H3,(H,20,26). The third-order valence-corrected chi connectivity index (χ3v) is 5.50. The Kier molecular flexibility index (Phi) is 6.15. The van der Waals surface area contributed by atoms with Crippen LogP contribution in [0.5, 0.6) is 0 Å². The molecule has 7 nitrogen and oxygen atoms in total. The zero-order valence-corrected chi connectivity index (χ0v) is 17.1. The summed E-state index contributed by atoms with van der Waals surface area (Å²) in [6, 6.07) is 5.64. The molecule has 0 saturated heterocycles. The fraction of sp³-hybridized carbons (Fsp3) is 0.474. The summed E-state index contributed by atoms with van der Waals surface area (Å²) in [6.45, 7) is 4.03. The molecule has 0 aliphatic rings. The molecule has 1 atom stereocenters. The number of aryl methyl sites for hydroxylation is 2. The lowest BCUT2D eigenvalue weighted by molar-refractivity contribution is -0.121. The molecule has 0 saturated carbocycles. The number of carbonyl (C=O) groups excluding carboxylic acids is 1. The van der Waals surface area contributed by atoms with E-state index in [0.717, 1.165) is 40.6 Å². The van der Waals surface area contributed by atoms with Gasteiger partial charge in [0.15, 0.2) is 11.5 Å². The molecule has 0 aromatic carbocycles. The number of hydrogen-bond acceptors (Lipinski definition) is 5. The van der Waals surface area contributed by atoms with Gasteiger partial charge in [0.05, 0.1) is 11.7 Å². The fourth-order valence-electron chi connectivity index (χ4n) is 3.28.